The largest absolute Gasteiger partial charge is 0.496 e. The van der Waals surface area contributed by atoms with Gasteiger partial charge in [-0.05, 0) is 36.1 Å². The van der Waals surface area contributed by atoms with Crippen molar-refractivity contribution in [3.63, 3.8) is 0 Å². The third-order valence-electron chi connectivity index (χ3n) is 3.98. The average Bonchev–Trinajstić information content (AvgIpc) is 2.60. The van der Waals surface area contributed by atoms with Gasteiger partial charge in [-0.1, -0.05) is 37.3 Å². The molecule has 0 saturated heterocycles. The number of amides is 1. The van der Waals surface area contributed by atoms with Crippen molar-refractivity contribution in [2.75, 3.05) is 13.7 Å². The summed E-state index contributed by atoms with van der Waals surface area (Å²) in [6, 6.07) is 14.0. The Labute approximate surface area is 148 Å². The number of nitrogens with one attached hydrogen (secondary N) is 1. The van der Waals surface area contributed by atoms with Gasteiger partial charge in [-0.2, -0.15) is 0 Å². The van der Waals surface area contributed by atoms with Gasteiger partial charge in [-0.25, -0.2) is 13.6 Å². The Morgan fingerprint density at radius 3 is 2.48 bits per heavy atom. The number of methoxy groups -OCH3 is 1. The molecule has 0 aliphatic rings. The Hall–Kier alpha value is -2.38. The maximum Gasteiger partial charge on any atom is 0.255 e. The molecule has 25 heavy (non-hydrogen) atoms. The molecule has 0 heterocycles. The molecule has 1 amide bonds. The number of rotatable bonds is 7. The standard InChI is InChI=1S/C18H22N2O4S/c1-13(14-6-4-3-5-7-14)10-11-20-18(21)16-12-15(25(19,22)23)8-9-17(16)24-2/h3-9,12-13H,10-11H2,1-2H3,(H,20,21)(H2,19,22,23). The fourth-order valence-electron chi connectivity index (χ4n) is 2.49. The predicted molar refractivity (Wildman–Crippen MR) is 96.2 cm³/mol. The second-order valence-corrected chi connectivity index (χ2v) is 7.32. The zero-order valence-electron chi connectivity index (χ0n) is 14.2. The van der Waals surface area contributed by atoms with Crippen LogP contribution in [0.4, 0.5) is 0 Å². The lowest BCUT2D eigenvalue weighted by molar-refractivity contribution is 0.0949. The van der Waals surface area contributed by atoms with Crippen LogP contribution < -0.4 is 15.2 Å². The monoisotopic (exact) mass is 362 g/mol. The molecule has 1 unspecified atom stereocenters. The smallest absolute Gasteiger partial charge is 0.255 e. The number of primary sulfonamides is 1. The topological polar surface area (TPSA) is 98.5 Å². The number of hydrogen-bond acceptors (Lipinski definition) is 4. The number of benzene rings is 2. The fourth-order valence-corrected chi connectivity index (χ4v) is 3.03. The Balaban J connectivity index is 2.05. The van der Waals surface area contributed by atoms with Crippen LogP contribution >= 0.6 is 0 Å². The van der Waals surface area contributed by atoms with Crippen molar-refractivity contribution in [3.8, 4) is 5.75 Å². The van der Waals surface area contributed by atoms with E-state index < -0.39 is 15.9 Å². The van der Waals surface area contributed by atoms with E-state index in [9.17, 15) is 13.2 Å². The van der Waals surface area contributed by atoms with Crippen LogP contribution in [0.15, 0.2) is 53.4 Å². The van der Waals surface area contributed by atoms with Crippen molar-refractivity contribution >= 4 is 15.9 Å². The molecule has 0 bridgehead atoms. The van der Waals surface area contributed by atoms with Gasteiger partial charge in [0.05, 0.1) is 17.6 Å². The first-order chi connectivity index (χ1) is 11.8. The van der Waals surface area contributed by atoms with Crippen LogP contribution in [0.25, 0.3) is 0 Å². The highest BCUT2D eigenvalue weighted by atomic mass is 32.2. The van der Waals surface area contributed by atoms with E-state index in [1.165, 1.54) is 30.9 Å². The minimum absolute atomic E-state index is 0.129. The molecule has 0 spiro atoms. The summed E-state index contributed by atoms with van der Waals surface area (Å²) < 4.78 is 28.1. The summed E-state index contributed by atoms with van der Waals surface area (Å²) in [5.41, 5.74) is 1.34. The highest BCUT2D eigenvalue weighted by Crippen LogP contribution is 2.22. The third kappa shape index (κ3) is 5.04. The molecule has 0 radical (unpaired) electrons. The molecule has 1 atom stereocenters. The molecular weight excluding hydrogens is 340 g/mol. The molecule has 7 heteroatoms. The van der Waals surface area contributed by atoms with E-state index in [1.54, 1.807) is 0 Å². The van der Waals surface area contributed by atoms with E-state index in [2.05, 4.69) is 12.2 Å². The van der Waals surface area contributed by atoms with Crippen LogP contribution in [0.1, 0.15) is 35.2 Å². The Morgan fingerprint density at radius 2 is 1.88 bits per heavy atom. The first kappa shape index (κ1) is 19.0. The summed E-state index contributed by atoms with van der Waals surface area (Å²) in [6.07, 6.45) is 0.757. The van der Waals surface area contributed by atoms with Crippen LogP contribution in [0.5, 0.6) is 5.75 Å². The summed E-state index contributed by atoms with van der Waals surface area (Å²) in [5, 5.41) is 7.92. The summed E-state index contributed by atoms with van der Waals surface area (Å²) in [4.78, 5) is 12.3. The predicted octanol–water partition coefficient (Wildman–Crippen LogP) is 2.27. The van der Waals surface area contributed by atoms with Crippen LogP contribution in [0, 0.1) is 0 Å². The molecular formula is C18H22N2O4S. The lowest BCUT2D eigenvalue weighted by atomic mass is 9.98. The Bertz CT molecular complexity index is 835. The van der Waals surface area contributed by atoms with Crippen LogP contribution in [-0.2, 0) is 10.0 Å². The average molecular weight is 362 g/mol. The van der Waals surface area contributed by atoms with Crippen molar-refractivity contribution in [1.29, 1.82) is 0 Å². The molecule has 134 valence electrons. The van der Waals surface area contributed by atoms with E-state index in [4.69, 9.17) is 9.88 Å². The minimum atomic E-state index is -3.89. The number of hydrogen-bond donors (Lipinski definition) is 2. The van der Waals surface area contributed by atoms with Crippen LogP contribution in [0.2, 0.25) is 0 Å². The van der Waals surface area contributed by atoms with E-state index >= 15 is 0 Å². The van der Waals surface area contributed by atoms with Gasteiger partial charge < -0.3 is 10.1 Å². The van der Waals surface area contributed by atoms with Gasteiger partial charge in [0.15, 0.2) is 0 Å². The third-order valence-corrected chi connectivity index (χ3v) is 4.89. The summed E-state index contributed by atoms with van der Waals surface area (Å²) in [5.74, 6) is 0.183. The first-order valence-electron chi connectivity index (χ1n) is 7.87. The fraction of sp³-hybridized carbons (Fsp3) is 0.278. The second-order valence-electron chi connectivity index (χ2n) is 5.76. The molecule has 0 saturated carbocycles. The maximum atomic E-state index is 12.4. The van der Waals surface area contributed by atoms with Gasteiger partial charge in [-0.15, -0.1) is 0 Å². The summed E-state index contributed by atoms with van der Waals surface area (Å²) >= 11 is 0. The van der Waals surface area contributed by atoms with Gasteiger partial charge in [0.2, 0.25) is 10.0 Å². The van der Waals surface area contributed by atoms with Crippen molar-refractivity contribution < 1.29 is 17.9 Å². The number of carbonyl (C=O) groups is 1. The Kier molecular flexibility index (Phi) is 6.17. The highest BCUT2D eigenvalue weighted by Gasteiger charge is 2.17. The summed E-state index contributed by atoms with van der Waals surface area (Å²) in [7, 11) is -2.47. The molecule has 0 fully saturated rings. The molecule has 3 N–H and O–H groups in total. The normalized spacial score (nSPS) is 12.4. The number of sulfonamides is 1. The maximum absolute atomic E-state index is 12.4. The zero-order valence-corrected chi connectivity index (χ0v) is 15.0. The molecule has 0 aliphatic heterocycles. The summed E-state index contributed by atoms with van der Waals surface area (Å²) in [6.45, 7) is 2.54. The van der Waals surface area contributed by atoms with E-state index in [0.717, 1.165) is 6.42 Å². The quantitative estimate of drug-likeness (QED) is 0.789. The minimum Gasteiger partial charge on any atom is -0.496 e. The molecule has 0 aromatic heterocycles. The SMILES string of the molecule is COc1ccc(S(N)(=O)=O)cc1C(=O)NCCC(C)c1ccccc1. The zero-order chi connectivity index (χ0) is 18.4. The van der Waals surface area contributed by atoms with E-state index in [1.807, 2.05) is 30.3 Å². The Morgan fingerprint density at radius 1 is 1.20 bits per heavy atom. The van der Waals surface area contributed by atoms with Crippen LogP contribution in [-0.4, -0.2) is 28.0 Å². The van der Waals surface area contributed by atoms with Gasteiger partial charge in [0.25, 0.3) is 5.91 Å². The number of ether oxygens (including phenoxy) is 1. The molecule has 0 aliphatic carbocycles. The van der Waals surface area contributed by atoms with Gasteiger partial charge in [-0.3, -0.25) is 4.79 Å². The molecule has 6 nitrogen and oxygen atoms in total. The molecule has 2 rings (SSSR count). The highest BCUT2D eigenvalue weighted by molar-refractivity contribution is 7.89. The van der Waals surface area contributed by atoms with Crippen molar-refractivity contribution in [3.05, 3.63) is 59.7 Å². The van der Waals surface area contributed by atoms with Crippen molar-refractivity contribution in [1.82, 2.24) is 5.32 Å². The number of nitrogens with two attached hydrogens (primary N) is 1. The van der Waals surface area contributed by atoms with E-state index in [-0.39, 0.29) is 10.5 Å². The van der Waals surface area contributed by atoms with E-state index in [0.29, 0.717) is 18.2 Å². The molecule has 2 aromatic rings. The van der Waals surface area contributed by atoms with Crippen LogP contribution in [0.3, 0.4) is 0 Å². The van der Waals surface area contributed by atoms with Crippen molar-refractivity contribution in [2.24, 2.45) is 5.14 Å². The van der Waals surface area contributed by atoms with Crippen molar-refractivity contribution in [2.45, 2.75) is 24.2 Å². The lowest BCUT2D eigenvalue weighted by Gasteiger charge is -2.14. The van der Waals surface area contributed by atoms with Gasteiger partial charge in [0.1, 0.15) is 5.75 Å². The van der Waals surface area contributed by atoms with Gasteiger partial charge in [0, 0.05) is 6.54 Å². The number of carbonyl (C=O) groups excluding carboxylic acids is 1. The second kappa shape index (κ2) is 8.13. The van der Waals surface area contributed by atoms with Gasteiger partial charge >= 0.3 is 0 Å². The molecule has 2 aromatic carbocycles. The first-order valence-corrected chi connectivity index (χ1v) is 9.41. The lowest BCUT2D eigenvalue weighted by Crippen LogP contribution is -2.26.